The summed E-state index contributed by atoms with van der Waals surface area (Å²) in [5, 5.41) is 3.10. The fraction of sp³-hybridized carbons (Fsp3) is 0.700. The highest BCUT2D eigenvalue weighted by atomic mass is 32.1. The monoisotopic (exact) mass is 229 g/mol. The van der Waals surface area contributed by atoms with Gasteiger partial charge in [-0.1, -0.05) is 0 Å². The molecule has 1 aliphatic rings. The second-order valence-electron chi connectivity index (χ2n) is 4.01. The number of aryl methyl sites for hydroxylation is 1. The van der Waals surface area contributed by atoms with E-state index in [9.17, 15) is 4.39 Å². The summed E-state index contributed by atoms with van der Waals surface area (Å²) in [6, 6.07) is 0.182. The Labute approximate surface area is 93.1 Å². The average Bonchev–Trinajstić information content (AvgIpc) is 2.73. The number of halogens is 1. The van der Waals surface area contributed by atoms with Crippen LogP contribution in [0.2, 0.25) is 0 Å². The lowest BCUT2D eigenvalue weighted by Crippen LogP contribution is -2.35. The van der Waals surface area contributed by atoms with Crippen molar-refractivity contribution in [3.63, 3.8) is 0 Å². The maximum Gasteiger partial charge on any atom is 0.114 e. The van der Waals surface area contributed by atoms with Crippen molar-refractivity contribution >= 4 is 11.3 Å². The van der Waals surface area contributed by atoms with Crippen LogP contribution in [-0.2, 0) is 6.54 Å². The quantitative estimate of drug-likeness (QED) is 0.850. The number of nitrogens with two attached hydrogens (primary N) is 1. The molecule has 0 amide bonds. The topological polar surface area (TPSA) is 42.2 Å². The van der Waals surface area contributed by atoms with Gasteiger partial charge in [-0.25, -0.2) is 9.37 Å². The van der Waals surface area contributed by atoms with Crippen LogP contribution in [0.25, 0.3) is 0 Å². The van der Waals surface area contributed by atoms with Crippen LogP contribution in [0, 0.1) is 6.92 Å². The molecule has 1 fully saturated rings. The van der Waals surface area contributed by atoms with Crippen molar-refractivity contribution in [1.29, 1.82) is 0 Å². The minimum Gasteiger partial charge on any atom is -0.329 e. The highest BCUT2D eigenvalue weighted by molar-refractivity contribution is 7.09. The Balaban J connectivity index is 1.99. The number of hydrogen-bond donors (Lipinski definition) is 1. The Morgan fingerprint density at radius 1 is 1.73 bits per heavy atom. The van der Waals surface area contributed by atoms with Gasteiger partial charge in [0, 0.05) is 31.1 Å². The third-order valence-corrected chi connectivity index (χ3v) is 3.60. The molecule has 1 aliphatic heterocycles. The van der Waals surface area contributed by atoms with E-state index in [2.05, 4.69) is 9.88 Å². The number of hydrogen-bond acceptors (Lipinski definition) is 4. The molecule has 1 saturated heterocycles. The Hall–Kier alpha value is -0.520. The number of alkyl halides is 1. The molecule has 0 aromatic carbocycles. The Kier molecular flexibility index (Phi) is 3.33. The van der Waals surface area contributed by atoms with Gasteiger partial charge in [-0.2, -0.15) is 0 Å². The van der Waals surface area contributed by atoms with Crippen molar-refractivity contribution in [3.8, 4) is 0 Å². The predicted molar refractivity (Wildman–Crippen MR) is 59.6 cm³/mol. The van der Waals surface area contributed by atoms with Crippen LogP contribution in [0.1, 0.15) is 17.1 Å². The minimum atomic E-state index is -0.724. The molecule has 0 bridgehead atoms. The van der Waals surface area contributed by atoms with E-state index >= 15 is 0 Å². The predicted octanol–water partition coefficient (Wildman–Crippen LogP) is 1.32. The fourth-order valence-corrected chi connectivity index (χ4v) is 2.65. The zero-order chi connectivity index (χ0) is 10.8. The van der Waals surface area contributed by atoms with E-state index in [1.807, 2.05) is 12.3 Å². The highest BCUT2D eigenvalue weighted by Crippen LogP contribution is 2.22. The summed E-state index contributed by atoms with van der Waals surface area (Å²) in [5.41, 5.74) is 6.65. The maximum absolute atomic E-state index is 13.2. The van der Waals surface area contributed by atoms with E-state index in [1.165, 1.54) is 0 Å². The first-order chi connectivity index (χ1) is 7.19. The summed E-state index contributed by atoms with van der Waals surface area (Å²) in [7, 11) is 0. The first-order valence-electron chi connectivity index (χ1n) is 5.18. The van der Waals surface area contributed by atoms with Crippen molar-refractivity contribution in [2.75, 3.05) is 13.1 Å². The van der Waals surface area contributed by atoms with Crippen molar-refractivity contribution < 1.29 is 4.39 Å². The molecule has 2 heterocycles. The third-order valence-electron chi connectivity index (χ3n) is 2.78. The van der Waals surface area contributed by atoms with Crippen molar-refractivity contribution in [2.24, 2.45) is 5.73 Å². The molecule has 2 atom stereocenters. The van der Waals surface area contributed by atoms with Gasteiger partial charge in [0.1, 0.15) is 6.17 Å². The SMILES string of the molecule is Cc1nc(CN2C[C@@H](F)C[C@@H]2CN)cs1. The number of rotatable bonds is 3. The molecule has 5 heteroatoms. The first-order valence-corrected chi connectivity index (χ1v) is 6.06. The zero-order valence-corrected chi connectivity index (χ0v) is 9.63. The summed E-state index contributed by atoms with van der Waals surface area (Å²) in [6.45, 7) is 3.74. The molecular formula is C10H16FN3S. The lowest BCUT2D eigenvalue weighted by Gasteiger charge is -2.21. The molecule has 0 radical (unpaired) electrons. The van der Waals surface area contributed by atoms with E-state index in [-0.39, 0.29) is 6.04 Å². The summed E-state index contributed by atoms with van der Waals surface area (Å²) >= 11 is 1.63. The molecule has 84 valence electrons. The molecule has 0 aliphatic carbocycles. The Morgan fingerprint density at radius 2 is 2.53 bits per heavy atom. The van der Waals surface area contributed by atoms with Gasteiger partial charge in [0.15, 0.2) is 0 Å². The highest BCUT2D eigenvalue weighted by Gasteiger charge is 2.31. The minimum absolute atomic E-state index is 0.182. The first kappa shape index (κ1) is 11.0. The molecule has 15 heavy (non-hydrogen) atoms. The largest absolute Gasteiger partial charge is 0.329 e. The molecule has 0 saturated carbocycles. The van der Waals surface area contributed by atoms with Gasteiger partial charge >= 0.3 is 0 Å². The number of likely N-dealkylation sites (tertiary alicyclic amines) is 1. The third kappa shape index (κ3) is 2.53. The molecule has 3 nitrogen and oxygen atoms in total. The molecule has 1 aromatic heterocycles. The Morgan fingerprint density at radius 3 is 3.13 bits per heavy atom. The normalized spacial score (nSPS) is 27.4. The van der Waals surface area contributed by atoms with Gasteiger partial charge in [-0.3, -0.25) is 4.90 Å². The van der Waals surface area contributed by atoms with Crippen LogP contribution in [0.15, 0.2) is 5.38 Å². The van der Waals surface area contributed by atoms with Crippen LogP contribution in [0.3, 0.4) is 0 Å². The Bertz CT molecular complexity index is 328. The smallest absolute Gasteiger partial charge is 0.114 e. The maximum atomic E-state index is 13.2. The number of aromatic nitrogens is 1. The van der Waals surface area contributed by atoms with Crippen LogP contribution in [-0.4, -0.2) is 35.2 Å². The lowest BCUT2D eigenvalue weighted by atomic mass is 10.2. The van der Waals surface area contributed by atoms with Crippen molar-refractivity contribution in [1.82, 2.24) is 9.88 Å². The molecule has 2 rings (SSSR count). The number of nitrogens with zero attached hydrogens (tertiary/aromatic N) is 2. The number of thiazole rings is 1. The van der Waals surface area contributed by atoms with E-state index < -0.39 is 6.17 Å². The lowest BCUT2D eigenvalue weighted by molar-refractivity contribution is 0.236. The zero-order valence-electron chi connectivity index (χ0n) is 8.82. The van der Waals surface area contributed by atoms with E-state index in [4.69, 9.17) is 5.73 Å². The summed E-state index contributed by atoms with van der Waals surface area (Å²) < 4.78 is 13.2. The van der Waals surface area contributed by atoms with Gasteiger partial charge in [0.25, 0.3) is 0 Å². The van der Waals surface area contributed by atoms with Gasteiger partial charge in [-0.15, -0.1) is 11.3 Å². The van der Waals surface area contributed by atoms with Gasteiger partial charge in [0.05, 0.1) is 10.7 Å². The summed E-state index contributed by atoms with van der Waals surface area (Å²) in [4.78, 5) is 6.48. The summed E-state index contributed by atoms with van der Waals surface area (Å²) in [6.07, 6.45) is -0.155. The van der Waals surface area contributed by atoms with Gasteiger partial charge < -0.3 is 5.73 Å². The van der Waals surface area contributed by atoms with Crippen LogP contribution < -0.4 is 5.73 Å². The molecule has 0 unspecified atom stereocenters. The standard InChI is InChI=1S/C10H16FN3S/c1-7-13-9(6-15-7)5-14-4-8(11)2-10(14)3-12/h6,8,10H,2-5,12H2,1H3/t8-,10+/m0/s1. The second kappa shape index (κ2) is 4.55. The van der Waals surface area contributed by atoms with Crippen LogP contribution >= 0.6 is 11.3 Å². The average molecular weight is 229 g/mol. The molecule has 1 aromatic rings. The van der Waals surface area contributed by atoms with E-state index in [1.54, 1.807) is 11.3 Å². The van der Waals surface area contributed by atoms with Crippen molar-refractivity contribution in [3.05, 3.63) is 16.1 Å². The molecule has 2 N–H and O–H groups in total. The van der Waals surface area contributed by atoms with Crippen LogP contribution in [0.4, 0.5) is 4.39 Å². The molecular weight excluding hydrogens is 213 g/mol. The van der Waals surface area contributed by atoms with E-state index in [0.29, 0.717) is 19.5 Å². The summed E-state index contributed by atoms with van der Waals surface area (Å²) in [5.74, 6) is 0. The molecule has 0 spiro atoms. The van der Waals surface area contributed by atoms with E-state index in [0.717, 1.165) is 17.2 Å². The van der Waals surface area contributed by atoms with Gasteiger partial charge in [-0.05, 0) is 13.3 Å². The fourth-order valence-electron chi connectivity index (χ4n) is 2.05. The van der Waals surface area contributed by atoms with Gasteiger partial charge in [0.2, 0.25) is 0 Å². The van der Waals surface area contributed by atoms with Crippen molar-refractivity contribution in [2.45, 2.75) is 32.1 Å². The second-order valence-corrected chi connectivity index (χ2v) is 5.07. The van der Waals surface area contributed by atoms with Crippen LogP contribution in [0.5, 0.6) is 0 Å².